The Balaban J connectivity index is 0.00000420. The monoisotopic (exact) mass is 515 g/mol. The van der Waals surface area contributed by atoms with Crippen LogP contribution < -0.4 is 25.4 Å². The molecular formula is C19H26IN5O4. The van der Waals surface area contributed by atoms with Crippen LogP contribution in [0.2, 0.25) is 0 Å². The van der Waals surface area contributed by atoms with E-state index in [1.165, 1.54) is 12.1 Å². The van der Waals surface area contributed by atoms with Crippen LogP contribution in [0.25, 0.3) is 0 Å². The van der Waals surface area contributed by atoms with Gasteiger partial charge in [0.2, 0.25) is 0 Å². The summed E-state index contributed by atoms with van der Waals surface area (Å²) in [7, 11) is 3.29. The maximum absolute atomic E-state index is 10.7. The summed E-state index contributed by atoms with van der Waals surface area (Å²) in [4.78, 5) is 14.4. The fraction of sp³-hybridized carbons (Fsp3) is 0.316. The van der Waals surface area contributed by atoms with Gasteiger partial charge in [-0.15, -0.1) is 24.0 Å². The van der Waals surface area contributed by atoms with Gasteiger partial charge in [-0.1, -0.05) is 0 Å². The van der Waals surface area contributed by atoms with E-state index in [1.54, 1.807) is 26.3 Å². The summed E-state index contributed by atoms with van der Waals surface area (Å²) < 4.78 is 10.9. The van der Waals surface area contributed by atoms with E-state index in [0.29, 0.717) is 37.2 Å². The lowest BCUT2D eigenvalue weighted by molar-refractivity contribution is -0.384. The molecule has 0 aliphatic carbocycles. The summed E-state index contributed by atoms with van der Waals surface area (Å²) in [6.07, 6.45) is 0. The lowest BCUT2D eigenvalue weighted by Crippen LogP contribution is -2.34. The second-order valence-corrected chi connectivity index (χ2v) is 5.65. The molecule has 0 atom stereocenters. The van der Waals surface area contributed by atoms with Crippen molar-refractivity contribution in [2.24, 2.45) is 4.99 Å². The minimum Gasteiger partial charge on any atom is -0.493 e. The Labute approximate surface area is 187 Å². The number of benzene rings is 2. The molecule has 0 amide bonds. The zero-order valence-corrected chi connectivity index (χ0v) is 18.9. The number of nitrogens with zero attached hydrogens (tertiary/aromatic N) is 2. The number of nitro groups is 1. The van der Waals surface area contributed by atoms with Crippen molar-refractivity contribution >= 4 is 47.0 Å². The van der Waals surface area contributed by atoms with Crippen LogP contribution in [0.5, 0.6) is 11.5 Å². The van der Waals surface area contributed by atoms with E-state index in [-0.39, 0.29) is 29.7 Å². The molecule has 0 saturated heterocycles. The topological polar surface area (TPSA) is 110 Å². The number of methoxy groups -OCH3 is 1. The van der Waals surface area contributed by atoms with Gasteiger partial charge in [0.1, 0.15) is 0 Å². The summed E-state index contributed by atoms with van der Waals surface area (Å²) >= 11 is 0. The molecule has 9 nitrogen and oxygen atoms in total. The number of non-ortho nitro benzene ring substituents is 1. The number of guanidine groups is 1. The second kappa shape index (κ2) is 12.6. The second-order valence-electron chi connectivity index (χ2n) is 5.65. The molecule has 3 N–H and O–H groups in total. The highest BCUT2D eigenvalue weighted by molar-refractivity contribution is 14.0. The van der Waals surface area contributed by atoms with E-state index < -0.39 is 4.92 Å². The first-order valence-electron chi connectivity index (χ1n) is 8.84. The number of aliphatic imine (C=N–C) groups is 1. The Kier molecular flexibility index (Phi) is 10.6. The van der Waals surface area contributed by atoms with Crippen LogP contribution in [0.3, 0.4) is 0 Å². The maximum atomic E-state index is 10.7. The largest absolute Gasteiger partial charge is 0.493 e. The fourth-order valence-corrected chi connectivity index (χ4v) is 2.43. The van der Waals surface area contributed by atoms with Crippen molar-refractivity contribution in [2.45, 2.75) is 6.92 Å². The van der Waals surface area contributed by atoms with Crippen molar-refractivity contribution in [1.82, 2.24) is 5.32 Å². The molecule has 158 valence electrons. The number of ether oxygens (including phenoxy) is 2. The van der Waals surface area contributed by atoms with E-state index in [4.69, 9.17) is 9.47 Å². The molecule has 0 aliphatic heterocycles. The summed E-state index contributed by atoms with van der Waals surface area (Å²) in [6.45, 7) is 3.68. The van der Waals surface area contributed by atoms with E-state index in [9.17, 15) is 10.1 Å². The molecule has 0 spiro atoms. The molecule has 0 saturated carbocycles. The van der Waals surface area contributed by atoms with E-state index in [2.05, 4.69) is 20.9 Å². The van der Waals surface area contributed by atoms with Crippen LogP contribution in [0.4, 0.5) is 17.1 Å². The van der Waals surface area contributed by atoms with Crippen LogP contribution in [0.15, 0.2) is 47.5 Å². The first kappa shape index (κ1) is 24.3. The van der Waals surface area contributed by atoms with Gasteiger partial charge in [-0.05, 0) is 31.2 Å². The van der Waals surface area contributed by atoms with Crippen LogP contribution in [-0.2, 0) is 0 Å². The number of halogens is 1. The Morgan fingerprint density at radius 3 is 2.38 bits per heavy atom. The molecule has 29 heavy (non-hydrogen) atoms. The van der Waals surface area contributed by atoms with E-state index >= 15 is 0 Å². The van der Waals surface area contributed by atoms with Crippen molar-refractivity contribution < 1.29 is 14.4 Å². The summed E-state index contributed by atoms with van der Waals surface area (Å²) in [5, 5.41) is 20.2. The van der Waals surface area contributed by atoms with Gasteiger partial charge in [0.05, 0.1) is 18.6 Å². The number of anilines is 2. The van der Waals surface area contributed by atoms with E-state index in [0.717, 1.165) is 11.4 Å². The van der Waals surface area contributed by atoms with Gasteiger partial charge in [0, 0.05) is 49.7 Å². The Hall–Kier alpha value is -2.76. The van der Waals surface area contributed by atoms with Crippen LogP contribution in [-0.4, -0.2) is 44.7 Å². The number of rotatable bonds is 9. The average Bonchev–Trinajstić information content (AvgIpc) is 2.71. The van der Waals surface area contributed by atoms with Crippen molar-refractivity contribution in [3.05, 3.63) is 52.6 Å². The molecular weight excluding hydrogens is 489 g/mol. The molecule has 0 aliphatic rings. The standard InChI is InChI=1S/C19H25N5O4.HI/c1-4-28-18-13-15(7-10-17(18)27-3)23-19(20-2)22-12-11-21-14-5-8-16(9-6-14)24(25)26;/h5-10,13,21H,4,11-12H2,1-3H3,(H2,20,22,23);1H. The molecule has 0 bridgehead atoms. The third kappa shape index (κ3) is 7.64. The first-order valence-corrected chi connectivity index (χ1v) is 8.84. The van der Waals surface area contributed by atoms with Crippen molar-refractivity contribution in [2.75, 3.05) is 44.5 Å². The number of nitro benzene ring substituents is 1. The van der Waals surface area contributed by atoms with Crippen molar-refractivity contribution in [3.8, 4) is 11.5 Å². The normalized spacial score (nSPS) is 10.5. The van der Waals surface area contributed by atoms with Crippen LogP contribution >= 0.6 is 24.0 Å². The molecule has 0 heterocycles. The maximum Gasteiger partial charge on any atom is 0.269 e. The number of hydrogen-bond acceptors (Lipinski definition) is 6. The lowest BCUT2D eigenvalue weighted by atomic mass is 10.2. The predicted octanol–water partition coefficient (Wildman–Crippen LogP) is 3.72. The van der Waals surface area contributed by atoms with Gasteiger partial charge in [-0.3, -0.25) is 15.1 Å². The summed E-state index contributed by atoms with van der Waals surface area (Å²) in [6, 6.07) is 11.9. The molecule has 2 aromatic rings. The van der Waals surface area contributed by atoms with E-state index in [1.807, 2.05) is 25.1 Å². The third-order valence-electron chi connectivity index (χ3n) is 3.77. The van der Waals surface area contributed by atoms with Crippen molar-refractivity contribution in [1.29, 1.82) is 0 Å². The fourth-order valence-electron chi connectivity index (χ4n) is 2.43. The third-order valence-corrected chi connectivity index (χ3v) is 3.77. The minimum atomic E-state index is -0.420. The number of hydrogen-bond donors (Lipinski definition) is 3. The van der Waals surface area contributed by atoms with Gasteiger partial charge < -0.3 is 25.4 Å². The van der Waals surface area contributed by atoms with Gasteiger partial charge >= 0.3 is 0 Å². The van der Waals surface area contributed by atoms with Crippen LogP contribution in [0, 0.1) is 10.1 Å². The molecule has 0 unspecified atom stereocenters. The van der Waals surface area contributed by atoms with Crippen LogP contribution in [0.1, 0.15) is 6.92 Å². The molecule has 0 aromatic heterocycles. The van der Waals surface area contributed by atoms with Gasteiger partial charge in [-0.2, -0.15) is 0 Å². The summed E-state index contributed by atoms with van der Waals surface area (Å²) in [5.74, 6) is 1.94. The molecule has 2 aromatic carbocycles. The molecule has 10 heteroatoms. The van der Waals surface area contributed by atoms with Gasteiger partial charge in [0.15, 0.2) is 17.5 Å². The predicted molar refractivity (Wildman–Crippen MR) is 126 cm³/mol. The first-order chi connectivity index (χ1) is 13.6. The zero-order valence-electron chi connectivity index (χ0n) is 16.6. The highest BCUT2D eigenvalue weighted by atomic mass is 127. The molecule has 2 rings (SSSR count). The Morgan fingerprint density at radius 2 is 1.79 bits per heavy atom. The quantitative estimate of drug-likeness (QED) is 0.117. The molecule has 0 fully saturated rings. The summed E-state index contributed by atoms with van der Waals surface area (Å²) in [5.41, 5.74) is 1.70. The molecule has 0 radical (unpaired) electrons. The smallest absolute Gasteiger partial charge is 0.269 e. The Bertz CT molecular complexity index is 815. The Morgan fingerprint density at radius 1 is 1.10 bits per heavy atom. The van der Waals surface area contributed by atoms with Gasteiger partial charge in [-0.25, -0.2) is 0 Å². The SMILES string of the molecule is CCOc1cc(NC(=NC)NCCNc2ccc([N+](=O)[O-])cc2)ccc1OC.I. The minimum absolute atomic E-state index is 0. The van der Waals surface area contributed by atoms with Crippen molar-refractivity contribution in [3.63, 3.8) is 0 Å². The highest BCUT2D eigenvalue weighted by Gasteiger charge is 2.07. The lowest BCUT2D eigenvalue weighted by Gasteiger charge is -2.15. The number of nitrogens with one attached hydrogen (secondary N) is 3. The average molecular weight is 515 g/mol. The highest BCUT2D eigenvalue weighted by Crippen LogP contribution is 2.30. The van der Waals surface area contributed by atoms with Gasteiger partial charge in [0.25, 0.3) is 5.69 Å². The zero-order chi connectivity index (χ0) is 20.4.